The van der Waals surface area contributed by atoms with Crippen LogP contribution in [-0.2, 0) is 12.2 Å². The molecule has 1 heterocycles. The number of halogens is 1. The molecule has 0 aliphatic rings. The van der Waals surface area contributed by atoms with Gasteiger partial charge in [-0.3, -0.25) is 4.79 Å². The number of amides is 1. The maximum Gasteiger partial charge on any atom is 0.251 e. The molecule has 0 bridgehead atoms. The van der Waals surface area contributed by atoms with E-state index in [1.807, 2.05) is 49.5 Å². The van der Waals surface area contributed by atoms with E-state index >= 15 is 0 Å². The smallest absolute Gasteiger partial charge is 0.251 e. The summed E-state index contributed by atoms with van der Waals surface area (Å²) in [7, 11) is 2.00. The fraction of sp³-hybridized carbons (Fsp3) is 0.292. The van der Waals surface area contributed by atoms with E-state index in [-0.39, 0.29) is 5.91 Å². The number of aromatic nitrogens is 2. The van der Waals surface area contributed by atoms with Crippen molar-refractivity contribution < 1.29 is 4.79 Å². The van der Waals surface area contributed by atoms with E-state index in [0.29, 0.717) is 28.2 Å². The quantitative estimate of drug-likeness (QED) is 0.258. The lowest BCUT2D eigenvalue weighted by atomic mass is 10.1. The zero-order valence-electron chi connectivity index (χ0n) is 17.8. The first-order valence-corrected chi connectivity index (χ1v) is 11.7. The molecular formula is C24H27ClN4OS. The molecule has 5 nitrogen and oxygen atoms in total. The average Bonchev–Trinajstić information content (AvgIpc) is 2.78. The minimum absolute atomic E-state index is 0.0646. The third-order valence-corrected chi connectivity index (χ3v) is 5.82. The molecule has 1 N–H and O–H groups in total. The van der Waals surface area contributed by atoms with Gasteiger partial charge in [0.25, 0.3) is 5.91 Å². The predicted molar refractivity (Wildman–Crippen MR) is 129 cm³/mol. The monoisotopic (exact) mass is 454 g/mol. The summed E-state index contributed by atoms with van der Waals surface area (Å²) in [6.07, 6.45) is 1.84. The Labute approximate surface area is 193 Å². The highest BCUT2D eigenvalue weighted by atomic mass is 35.5. The summed E-state index contributed by atoms with van der Waals surface area (Å²) in [5, 5.41) is 4.05. The first kappa shape index (κ1) is 23.1. The second-order valence-corrected chi connectivity index (χ2v) is 8.56. The number of carbonyl (C=O) groups is 1. The Bertz CT molecular complexity index is 1000. The van der Waals surface area contributed by atoms with E-state index in [1.54, 1.807) is 6.07 Å². The number of nitrogens with one attached hydrogen (secondary N) is 1. The van der Waals surface area contributed by atoms with Gasteiger partial charge in [0.1, 0.15) is 11.0 Å². The molecule has 0 saturated heterocycles. The van der Waals surface area contributed by atoms with Gasteiger partial charge >= 0.3 is 0 Å². The summed E-state index contributed by atoms with van der Waals surface area (Å²) in [4.78, 5) is 23.5. The van der Waals surface area contributed by atoms with Crippen LogP contribution in [0.2, 0.25) is 5.15 Å². The van der Waals surface area contributed by atoms with Crippen molar-refractivity contribution in [1.29, 1.82) is 0 Å². The number of thioether (sulfide) groups is 1. The van der Waals surface area contributed by atoms with Gasteiger partial charge in [-0.05, 0) is 36.1 Å². The van der Waals surface area contributed by atoms with Crippen LogP contribution in [0, 0.1) is 0 Å². The van der Waals surface area contributed by atoms with E-state index in [2.05, 4.69) is 39.2 Å². The topological polar surface area (TPSA) is 58.1 Å². The highest BCUT2D eigenvalue weighted by Crippen LogP contribution is 2.24. The van der Waals surface area contributed by atoms with E-state index in [9.17, 15) is 4.79 Å². The van der Waals surface area contributed by atoms with Crippen LogP contribution >= 0.6 is 23.4 Å². The average molecular weight is 455 g/mol. The Balaban J connectivity index is 1.57. The maximum absolute atomic E-state index is 12.5. The number of benzene rings is 2. The second-order valence-electron chi connectivity index (χ2n) is 7.23. The third kappa shape index (κ3) is 7.26. The van der Waals surface area contributed by atoms with Gasteiger partial charge in [-0.25, -0.2) is 9.97 Å². The van der Waals surface area contributed by atoms with Gasteiger partial charge in [-0.1, -0.05) is 72.8 Å². The van der Waals surface area contributed by atoms with Crippen molar-refractivity contribution in [3.63, 3.8) is 0 Å². The zero-order chi connectivity index (χ0) is 22.1. The molecule has 162 valence electrons. The lowest BCUT2D eigenvalue weighted by molar-refractivity contribution is 0.0954. The molecule has 0 atom stereocenters. The second kappa shape index (κ2) is 11.7. The van der Waals surface area contributed by atoms with Gasteiger partial charge in [0.15, 0.2) is 5.16 Å². The Hall–Kier alpha value is -2.57. The van der Waals surface area contributed by atoms with Gasteiger partial charge in [-0.15, -0.1) is 0 Å². The number of hydrogen-bond acceptors (Lipinski definition) is 5. The summed E-state index contributed by atoms with van der Waals surface area (Å²) in [6, 6.07) is 19.6. The molecule has 0 radical (unpaired) electrons. The minimum Gasteiger partial charge on any atom is -0.360 e. The maximum atomic E-state index is 12.5. The van der Waals surface area contributed by atoms with Gasteiger partial charge < -0.3 is 10.2 Å². The van der Waals surface area contributed by atoms with Crippen LogP contribution < -0.4 is 10.2 Å². The largest absolute Gasteiger partial charge is 0.360 e. The molecule has 3 aromatic rings. The molecule has 1 amide bonds. The standard InChI is InChI=1S/C24H27ClN4OS/c1-3-14-29(2)22-16-21(25)27-24(28-22)31-17-19-10-7-11-20(15-19)23(30)26-13-12-18-8-5-4-6-9-18/h4-11,15-16H,3,12-14,17H2,1-2H3,(H,26,30). The summed E-state index contributed by atoms with van der Waals surface area (Å²) >= 11 is 7.70. The fourth-order valence-corrected chi connectivity index (χ4v) is 4.14. The molecule has 1 aromatic heterocycles. The molecule has 0 saturated carbocycles. The van der Waals surface area contributed by atoms with Gasteiger partial charge in [0.2, 0.25) is 0 Å². The van der Waals surface area contributed by atoms with Crippen molar-refractivity contribution in [1.82, 2.24) is 15.3 Å². The SMILES string of the molecule is CCCN(C)c1cc(Cl)nc(SCc2cccc(C(=O)NCCc3ccccc3)c2)n1. The zero-order valence-corrected chi connectivity index (χ0v) is 19.4. The molecule has 31 heavy (non-hydrogen) atoms. The number of rotatable bonds is 10. The van der Waals surface area contributed by atoms with Crippen LogP contribution in [0.15, 0.2) is 65.8 Å². The van der Waals surface area contributed by atoms with Crippen molar-refractivity contribution in [3.05, 3.63) is 82.5 Å². The summed E-state index contributed by atoms with van der Waals surface area (Å²) in [5.74, 6) is 1.41. The van der Waals surface area contributed by atoms with Crippen LogP contribution in [0.4, 0.5) is 5.82 Å². The normalized spacial score (nSPS) is 10.7. The highest BCUT2D eigenvalue weighted by molar-refractivity contribution is 7.98. The van der Waals surface area contributed by atoms with Crippen molar-refractivity contribution in [2.24, 2.45) is 0 Å². The Morgan fingerprint density at radius 3 is 2.61 bits per heavy atom. The first-order chi connectivity index (χ1) is 15.0. The van der Waals surface area contributed by atoms with Crippen molar-refractivity contribution in [2.75, 3.05) is 25.0 Å². The Kier molecular flexibility index (Phi) is 8.74. The molecule has 0 fully saturated rings. The van der Waals surface area contributed by atoms with Crippen LogP contribution in [0.25, 0.3) is 0 Å². The van der Waals surface area contributed by atoms with Crippen molar-refractivity contribution in [2.45, 2.75) is 30.7 Å². The first-order valence-electron chi connectivity index (χ1n) is 10.3. The number of nitrogens with zero attached hydrogens (tertiary/aromatic N) is 3. The van der Waals surface area contributed by atoms with E-state index in [1.165, 1.54) is 17.3 Å². The van der Waals surface area contributed by atoms with Crippen LogP contribution in [-0.4, -0.2) is 36.0 Å². The van der Waals surface area contributed by atoms with Gasteiger partial charge in [-0.2, -0.15) is 0 Å². The van der Waals surface area contributed by atoms with Gasteiger partial charge in [0.05, 0.1) is 0 Å². The summed E-state index contributed by atoms with van der Waals surface area (Å²) < 4.78 is 0. The van der Waals surface area contributed by atoms with Gasteiger partial charge in [0, 0.05) is 37.5 Å². The lowest BCUT2D eigenvalue weighted by Gasteiger charge is -2.17. The lowest BCUT2D eigenvalue weighted by Crippen LogP contribution is -2.25. The van der Waals surface area contributed by atoms with Crippen molar-refractivity contribution >= 4 is 35.1 Å². The molecule has 7 heteroatoms. The highest BCUT2D eigenvalue weighted by Gasteiger charge is 2.10. The summed E-state index contributed by atoms with van der Waals surface area (Å²) in [5.41, 5.74) is 2.90. The predicted octanol–water partition coefficient (Wildman–Crippen LogP) is 5.24. The molecule has 0 aliphatic heterocycles. The molecule has 0 unspecified atom stereocenters. The molecule has 0 aliphatic carbocycles. The number of carbonyl (C=O) groups excluding carboxylic acids is 1. The molecule has 3 rings (SSSR count). The minimum atomic E-state index is -0.0646. The van der Waals surface area contributed by atoms with Crippen LogP contribution in [0.3, 0.4) is 0 Å². The fourth-order valence-electron chi connectivity index (χ4n) is 3.11. The van der Waals surface area contributed by atoms with Crippen molar-refractivity contribution in [3.8, 4) is 0 Å². The Morgan fingerprint density at radius 1 is 1.06 bits per heavy atom. The summed E-state index contributed by atoms with van der Waals surface area (Å²) in [6.45, 7) is 3.63. The number of hydrogen-bond donors (Lipinski definition) is 1. The van der Waals surface area contributed by atoms with E-state index in [0.717, 1.165) is 30.8 Å². The van der Waals surface area contributed by atoms with Crippen LogP contribution in [0.1, 0.15) is 34.8 Å². The van der Waals surface area contributed by atoms with E-state index in [4.69, 9.17) is 11.6 Å². The number of anilines is 1. The van der Waals surface area contributed by atoms with E-state index < -0.39 is 0 Å². The molecule has 0 spiro atoms. The molecular weight excluding hydrogens is 428 g/mol. The molecule has 2 aromatic carbocycles. The Morgan fingerprint density at radius 2 is 1.84 bits per heavy atom. The third-order valence-electron chi connectivity index (χ3n) is 4.71. The van der Waals surface area contributed by atoms with Crippen LogP contribution in [0.5, 0.6) is 0 Å².